The largest absolute Gasteiger partial charge is 0.490 e. The van der Waals surface area contributed by atoms with Gasteiger partial charge in [-0.15, -0.1) is 0 Å². The maximum Gasteiger partial charge on any atom is 0.323 e. The summed E-state index contributed by atoms with van der Waals surface area (Å²) in [4.78, 5) is 28.6. The maximum atomic E-state index is 14.3. The van der Waals surface area contributed by atoms with E-state index in [2.05, 4.69) is 15.8 Å². The molecule has 0 unspecified atom stereocenters. The maximum absolute atomic E-state index is 14.3. The number of aliphatic hydroxyl groups excluding tert-OH is 1. The summed E-state index contributed by atoms with van der Waals surface area (Å²) in [5.74, 6) is -0.762. The Balaban J connectivity index is 1.63. The number of urea groups is 1. The summed E-state index contributed by atoms with van der Waals surface area (Å²) >= 11 is 0. The Morgan fingerprint density at radius 1 is 1.12 bits per heavy atom. The average molecular weight is 704 g/mol. The quantitative estimate of drug-likeness (QED) is 0.287. The van der Waals surface area contributed by atoms with Gasteiger partial charge < -0.3 is 34.6 Å². The summed E-state index contributed by atoms with van der Waals surface area (Å²) in [5.41, 5.74) is 1.12. The van der Waals surface area contributed by atoms with Crippen LogP contribution in [0.3, 0.4) is 0 Å². The number of nitrogens with zero attached hydrogens (tertiary/aromatic N) is 3. The lowest BCUT2D eigenvalue weighted by Crippen LogP contribution is -2.48. The Hall–Kier alpha value is -4.05. The number of carbonyl (C=O) groups is 2. The topological polar surface area (TPSA) is 164 Å². The molecule has 13 nitrogen and oxygen atoms in total. The standard InChI is InChI=1S/C34H46FN5O8S/c1-21-18-40(22(2)20-41)33(42)29-17-28(37-34(43)36-27-12-10-26(35)11-13-27)14-15-30(29)47-23(3)9-7-8-16-46-31(21)19-39(6)49(44,45)32-24(4)38-48-25(32)5/h10-15,17,21-23,31,41H,7-9,16,18-20H2,1-6H3,(H2,36,37,43)/t21-,22+,23-,31-/m1/s1. The highest BCUT2D eigenvalue weighted by Crippen LogP contribution is 2.29. The Morgan fingerprint density at radius 3 is 2.45 bits per heavy atom. The van der Waals surface area contributed by atoms with E-state index in [0.29, 0.717) is 36.6 Å². The molecule has 49 heavy (non-hydrogen) atoms. The first-order chi connectivity index (χ1) is 23.2. The number of carbonyl (C=O) groups excluding carboxylic acids is 2. The van der Waals surface area contributed by atoms with Crippen molar-refractivity contribution in [3.8, 4) is 5.75 Å². The average Bonchev–Trinajstić information content (AvgIpc) is 3.41. The number of hydrogen-bond donors (Lipinski definition) is 3. The number of amides is 3. The summed E-state index contributed by atoms with van der Waals surface area (Å²) in [6.45, 7) is 8.73. The lowest BCUT2D eigenvalue weighted by Gasteiger charge is -2.35. The van der Waals surface area contributed by atoms with Crippen molar-refractivity contribution < 1.29 is 41.5 Å². The fourth-order valence-corrected chi connectivity index (χ4v) is 7.11. The van der Waals surface area contributed by atoms with E-state index in [1.807, 2.05) is 13.8 Å². The van der Waals surface area contributed by atoms with Crippen molar-refractivity contribution in [2.24, 2.45) is 5.92 Å². The van der Waals surface area contributed by atoms with E-state index < -0.39 is 39.9 Å². The Bertz CT molecular complexity index is 1680. The Kier molecular flexibility index (Phi) is 12.8. The van der Waals surface area contributed by atoms with Crippen molar-refractivity contribution in [2.45, 2.75) is 77.0 Å². The van der Waals surface area contributed by atoms with Gasteiger partial charge in [-0.25, -0.2) is 17.6 Å². The van der Waals surface area contributed by atoms with Gasteiger partial charge in [-0.05, 0) is 89.4 Å². The van der Waals surface area contributed by atoms with Gasteiger partial charge in [-0.3, -0.25) is 4.79 Å². The van der Waals surface area contributed by atoms with Gasteiger partial charge in [0.1, 0.15) is 22.2 Å². The van der Waals surface area contributed by atoms with Crippen LogP contribution in [0.1, 0.15) is 61.8 Å². The normalized spacial score (nSPS) is 20.2. The zero-order valence-electron chi connectivity index (χ0n) is 28.7. The third-order valence-electron chi connectivity index (χ3n) is 8.48. The summed E-state index contributed by atoms with van der Waals surface area (Å²) in [7, 11) is -2.50. The number of nitrogens with one attached hydrogen (secondary N) is 2. The number of rotatable bonds is 8. The second-order valence-corrected chi connectivity index (χ2v) is 14.5. The van der Waals surface area contributed by atoms with E-state index in [0.717, 1.165) is 6.42 Å². The minimum atomic E-state index is -3.97. The van der Waals surface area contributed by atoms with E-state index in [9.17, 15) is 27.5 Å². The number of hydrogen-bond acceptors (Lipinski definition) is 9. The van der Waals surface area contributed by atoms with Crippen LogP contribution >= 0.6 is 0 Å². The van der Waals surface area contributed by atoms with Gasteiger partial charge in [0.15, 0.2) is 5.76 Å². The number of halogens is 1. The molecule has 0 radical (unpaired) electrons. The van der Waals surface area contributed by atoms with Crippen molar-refractivity contribution in [1.29, 1.82) is 0 Å². The molecule has 0 aliphatic carbocycles. The second-order valence-electron chi connectivity index (χ2n) is 12.5. The summed E-state index contributed by atoms with van der Waals surface area (Å²) < 4.78 is 59.3. The molecule has 1 aromatic heterocycles. The van der Waals surface area contributed by atoms with E-state index in [1.165, 1.54) is 46.6 Å². The molecular weight excluding hydrogens is 657 g/mol. The molecule has 3 amide bonds. The Labute approximate surface area is 286 Å². The monoisotopic (exact) mass is 703 g/mol. The van der Waals surface area contributed by atoms with Crippen molar-refractivity contribution in [3.63, 3.8) is 0 Å². The molecule has 15 heteroatoms. The predicted octanol–water partition coefficient (Wildman–Crippen LogP) is 5.19. The summed E-state index contributed by atoms with van der Waals surface area (Å²) in [5, 5.41) is 19.3. The first-order valence-electron chi connectivity index (χ1n) is 16.3. The van der Waals surface area contributed by atoms with Crippen LogP contribution in [-0.4, -0.2) is 91.4 Å². The lowest BCUT2D eigenvalue weighted by atomic mass is 10.0. The van der Waals surface area contributed by atoms with Crippen LogP contribution in [0.2, 0.25) is 0 Å². The molecule has 4 atom stereocenters. The number of fused-ring (bicyclic) bond motifs is 1. The fourth-order valence-electron chi connectivity index (χ4n) is 5.64. The minimum Gasteiger partial charge on any atom is -0.490 e. The summed E-state index contributed by atoms with van der Waals surface area (Å²) in [6, 6.07) is 8.82. The van der Waals surface area contributed by atoms with Crippen LogP contribution in [0.25, 0.3) is 0 Å². The number of aliphatic hydroxyl groups is 1. The molecule has 2 aromatic carbocycles. The first-order valence-corrected chi connectivity index (χ1v) is 17.7. The highest BCUT2D eigenvalue weighted by molar-refractivity contribution is 7.89. The first kappa shape index (κ1) is 37.8. The van der Waals surface area contributed by atoms with Crippen molar-refractivity contribution >= 4 is 33.3 Å². The molecule has 3 N–H and O–H groups in total. The van der Waals surface area contributed by atoms with Gasteiger partial charge in [-0.2, -0.15) is 4.31 Å². The zero-order chi connectivity index (χ0) is 35.9. The molecule has 0 spiro atoms. The van der Waals surface area contributed by atoms with Crippen LogP contribution in [0.5, 0.6) is 5.75 Å². The molecule has 0 saturated carbocycles. The smallest absolute Gasteiger partial charge is 0.323 e. The number of likely N-dealkylation sites (N-methyl/N-ethyl adjacent to an activating group) is 1. The van der Waals surface area contributed by atoms with E-state index in [-0.39, 0.29) is 53.6 Å². The van der Waals surface area contributed by atoms with E-state index in [1.54, 1.807) is 32.9 Å². The van der Waals surface area contributed by atoms with E-state index in [4.69, 9.17) is 14.0 Å². The molecule has 1 aliphatic heterocycles. The third kappa shape index (κ3) is 9.56. The molecule has 3 aromatic rings. The molecule has 2 heterocycles. The van der Waals surface area contributed by atoms with Crippen LogP contribution in [0.4, 0.5) is 20.6 Å². The summed E-state index contributed by atoms with van der Waals surface area (Å²) in [6.07, 6.45) is 1.25. The predicted molar refractivity (Wildman–Crippen MR) is 182 cm³/mol. The molecule has 0 saturated heterocycles. The van der Waals surface area contributed by atoms with Crippen LogP contribution in [-0.2, 0) is 14.8 Å². The molecule has 0 bridgehead atoms. The number of benzene rings is 2. The molecule has 268 valence electrons. The third-order valence-corrected chi connectivity index (χ3v) is 10.6. The number of anilines is 2. The number of sulfonamides is 1. The van der Waals surface area contributed by atoms with Gasteiger partial charge in [-0.1, -0.05) is 12.1 Å². The zero-order valence-corrected chi connectivity index (χ0v) is 29.5. The van der Waals surface area contributed by atoms with Gasteiger partial charge >= 0.3 is 6.03 Å². The van der Waals surface area contributed by atoms with Gasteiger partial charge in [0.05, 0.1) is 30.4 Å². The van der Waals surface area contributed by atoms with Crippen LogP contribution < -0.4 is 15.4 Å². The SMILES string of the molecule is Cc1noc(C)c1S(=O)(=O)N(C)C[C@H]1OCCCC[C@@H](C)Oc2ccc(NC(=O)Nc3ccc(F)cc3)cc2C(=O)N([C@@H](C)CO)C[C@H]1C. The Morgan fingerprint density at radius 2 is 1.80 bits per heavy atom. The highest BCUT2D eigenvalue weighted by Gasteiger charge is 2.34. The van der Waals surface area contributed by atoms with Gasteiger partial charge in [0, 0.05) is 44.0 Å². The molecule has 1 aliphatic rings. The van der Waals surface area contributed by atoms with Crippen molar-refractivity contribution in [1.82, 2.24) is 14.4 Å². The van der Waals surface area contributed by atoms with Gasteiger partial charge in [0.2, 0.25) is 10.0 Å². The minimum absolute atomic E-state index is 0.00354. The lowest BCUT2D eigenvalue weighted by molar-refractivity contribution is -0.00835. The highest BCUT2D eigenvalue weighted by atomic mass is 32.2. The number of ether oxygens (including phenoxy) is 2. The van der Waals surface area contributed by atoms with Crippen molar-refractivity contribution in [3.05, 3.63) is 65.3 Å². The number of aryl methyl sites for hydroxylation is 2. The molecule has 0 fully saturated rings. The van der Waals surface area contributed by atoms with Gasteiger partial charge in [0.25, 0.3) is 5.91 Å². The molecule has 4 rings (SSSR count). The van der Waals surface area contributed by atoms with Crippen LogP contribution in [0, 0.1) is 25.6 Å². The molecular formula is C34H46FN5O8S. The second kappa shape index (κ2) is 16.6. The van der Waals surface area contributed by atoms with Crippen LogP contribution in [0.15, 0.2) is 51.9 Å². The number of aromatic nitrogens is 1. The van der Waals surface area contributed by atoms with Crippen molar-refractivity contribution in [2.75, 3.05) is 44.0 Å². The van der Waals surface area contributed by atoms with E-state index >= 15 is 0 Å². The fraction of sp³-hybridized carbons (Fsp3) is 0.500.